The smallest absolute Gasteiger partial charge is 0.411 e. The molecule has 0 atom stereocenters. The van der Waals surface area contributed by atoms with Gasteiger partial charge in [-0.25, -0.2) is 0 Å². The molecule has 4 nitrogen and oxygen atoms in total. The van der Waals surface area contributed by atoms with Crippen LogP contribution in [0.25, 0.3) is 5.57 Å². The summed E-state index contributed by atoms with van der Waals surface area (Å²) in [6, 6.07) is -10.2. The highest BCUT2D eigenvalue weighted by molar-refractivity contribution is 6.99. The number of alkyl halides is 9. The number of unbranched alkanes of at least 4 members (excludes halogenated alkanes) is 2. The Morgan fingerprint density at radius 3 is 2.32 bits per heavy atom. The van der Waals surface area contributed by atoms with E-state index in [1.165, 1.54) is 0 Å². The Morgan fingerprint density at radius 1 is 1.11 bits per heavy atom. The number of ether oxygens (including phenoxy) is 1. The lowest BCUT2D eigenvalue weighted by Gasteiger charge is -2.40. The van der Waals surface area contributed by atoms with Gasteiger partial charge in [0, 0.05) is 6.42 Å². The van der Waals surface area contributed by atoms with Crippen molar-refractivity contribution in [2.75, 3.05) is 0 Å². The molecule has 0 fully saturated rings. The van der Waals surface area contributed by atoms with E-state index >= 15 is 0 Å². The summed E-state index contributed by atoms with van der Waals surface area (Å²) in [5.74, 6) is -1.15. The molecule has 1 aromatic rings. The third-order valence-electron chi connectivity index (χ3n) is 3.77. The van der Waals surface area contributed by atoms with E-state index in [0.29, 0.717) is 12.8 Å². The fraction of sp³-hybridized carbons (Fsp3) is 0.714. The largest absolute Gasteiger partial charge is 0.469 e. The van der Waals surface area contributed by atoms with Crippen LogP contribution in [-0.2, 0) is 0 Å². The van der Waals surface area contributed by atoms with Crippen molar-refractivity contribution in [3.05, 3.63) is 11.8 Å². The highest BCUT2D eigenvalue weighted by atomic mass is 32.1. The second-order valence-electron chi connectivity index (χ2n) is 5.95. The highest BCUT2D eigenvalue weighted by Gasteiger charge is 2.68. The molecule has 0 radical (unpaired) electrons. The van der Waals surface area contributed by atoms with Crippen molar-refractivity contribution in [1.82, 2.24) is 13.6 Å². The molecule has 0 saturated carbocycles. The van der Waals surface area contributed by atoms with E-state index in [1.807, 2.05) is 0 Å². The van der Waals surface area contributed by atoms with Crippen molar-refractivity contribution in [1.29, 1.82) is 0 Å². The van der Waals surface area contributed by atoms with Gasteiger partial charge in [0.2, 0.25) is 0 Å². The van der Waals surface area contributed by atoms with Crippen LogP contribution in [-0.4, -0.2) is 38.1 Å². The summed E-state index contributed by atoms with van der Waals surface area (Å²) in [5.41, 5.74) is -2.78. The maximum absolute atomic E-state index is 14.3. The molecule has 28 heavy (non-hydrogen) atoms. The van der Waals surface area contributed by atoms with Crippen molar-refractivity contribution in [2.24, 2.45) is 0 Å². The molecule has 0 bridgehead atoms. The normalized spacial score (nSPS) is 20.1. The first kappa shape index (κ1) is 22.7. The summed E-state index contributed by atoms with van der Waals surface area (Å²) in [4.78, 5) is -2.23. The first-order chi connectivity index (χ1) is 12.7. The molecule has 0 aromatic carbocycles. The van der Waals surface area contributed by atoms with Gasteiger partial charge in [-0.1, -0.05) is 30.7 Å². The Kier molecular flexibility index (Phi) is 6.24. The highest BCUT2D eigenvalue weighted by Crippen LogP contribution is 2.52. The Morgan fingerprint density at radius 2 is 1.75 bits per heavy atom. The minimum Gasteiger partial charge on any atom is -0.411 e. The molecular weight excluding hydrogens is 429 g/mol. The third kappa shape index (κ3) is 4.70. The molecule has 0 N–H and O–H groups in total. The Labute approximate surface area is 157 Å². The van der Waals surface area contributed by atoms with Crippen LogP contribution in [0.4, 0.5) is 39.5 Å². The summed E-state index contributed by atoms with van der Waals surface area (Å²) in [5, 5.41) is 0. The van der Waals surface area contributed by atoms with Crippen LogP contribution >= 0.6 is 11.7 Å². The molecule has 0 unspecified atom stereocenters. The number of halogens is 9. The van der Waals surface area contributed by atoms with Crippen LogP contribution in [0.2, 0.25) is 0 Å². The second-order valence-corrected chi connectivity index (χ2v) is 6.48. The molecule has 160 valence electrons. The fourth-order valence-electron chi connectivity index (χ4n) is 2.53. The topological polar surface area (TPSA) is 38.3 Å². The lowest BCUT2D eigenvalue weighted by molar-refractivity contribution is -0.395. The number of rotatable bonds is 7. The van der Waals surface area contributed by atoms with Gasteiger partial charge in [0.25, 0.3) is 5.88 Å². The monoisotopic (exact) mass is 443 g/mol. The zero-order valence-electron chi connectivity index (χ0n) is 14.2. The average Bonchev–Trinajstić information content (AvgIpc) is 2.91. The first-order valence-corrected chi connectivity index (χ1v) is 8.68. The van der Waals surface area contributed by atoms with E-state index in [0.717, 1.165) is 0 Å². The van der Waals surface area contributed by atoms with Gasteiger partial charge in [-0.15, -0.1) is 4.37 Å². The van der Waals surface area contributed by atoms with E-state index in [9.17, 15) is 39.5 Å². The Bertz CT molecular complexity index is 717. The second kappa shape index (κ2) is 7.69. The van der Waals surface area contributed by atoms with E-state index in [1.54, 1.807) is 6.92 Å². The van der Waals surface area contributed by atoms with E-state index in [4.69, 9.17) is 0 Å². The molecule has 1 aromatic heterocycles. The zero-order chi connectivity index (χ0) is 21.4. The summed E-state index contributed by atoms with van der Waals surface area (Å²) in [7, 11) is 0. The van der Waals surface area contributed by atoms with Gasteiger partial charge in [0.05, 0.1) is 23.7 Å². The molecule has 0 amide bonds. The van der Waals surface area contributed by atoms with Crippen molar-refractivity contribution >= 4 is 17.3 Å². The summed E-state index contributed by atoms with van der Waals surface area (Å²) < 4.78 is 133. The van der Waals surface area contributed by atoms with Crippen molar-refractivity contribution in [3.63, 3.8) is 0 Å². The predicted octanol–water partition coefficient (Wildman–Crippen LogP) is 5.88. The zero-order valence-corrected chi connectivity index (χ0v) is 15.0. The van der Waals surface area contributed by atoms with Gasteiger partial charge in [-0.05, 0) is 6.42 Å². The SMILES string of the molecule is CCCCCC(F)(F)Oc1nsnc1C1=CCC(F)(F)N(C(F)(F)F)C1(F)F. The fourth-order valence-corrected chi connectivity index (χ4v) is 3.03. The molecule has 0 aliphatic carbocycles. The summed E-state index contributed by atoms with van der Waals surface area (Å²) in [6.45, 7) is 1.75. The van der Waals surface area contributed by atoms with E-state index < -0.39 is 59.4 Å². The molecule has 0 saturated heterocycles. The maximum atomic E-state index is 14.3. The minimum atomic E-state index is -6.11. The predicted molar refractivity (Wildman–Crippen MR) is 80.0 cm³/mol. The number of aromatic nitrogens is 2. The minimum absolute atomic E-state index is 0.0311. The Balaban J connectivity index is 2.36. The van der Waals surface area contributed by atoms with E-state index in [-0.39, 0.29) is 24.2 Å². The molecule has 2 heterocycles. The summed E-state index contributed by atoms with van der Waals surface area (Å²) >= 11 is 0.118. The third-order valence-corrected chi connectivity index (χ3v) is 4.28. The van der Waals surface area contributed by atoms with Crippen LogP contribution in [0, 0.1) is 0 Å². The summed E-state index contributed by atoms with van der Waals surface area (Å²) in [6.07, 6.45) is -11.3. The van der Waals surface area contributed by atoms with Crippen LogP contribution in [0.5, 0.6) is 5.88 Å². The average molecular weight is 443 g/mol. The van der Waals surface area contributed by atoms with Crippen molar-refractivity contribution in [3.8, 4) is 5.88 Å². The lowest BCUT2D eigenvalue weighted by atomic mass is 10.0. The molecule has 1 aliphatic rings. The van der Waals surface area contributed by atoms with Gasteiger partial charge in [0.15, 0.2) is 5.69 Å². The Hall–Kier alpha value is -1.57. The first-order valence-electron chi connectivity index (χ1n) is 7.95. The van der Waals surface area contributed by atoms with Gasteiger partial charge >= 0.3 is 24.5 Å². The number of nitrogens with zero attached hydrogens (tertiary/aromatic N) is 3. The van der Waals surface area contributed by atoms with Crippen LogP contribution in [0.15, 0.2) is 6.08 Å². The molecule has 1 aliphatic heterocycles. The van der Waals surface area contributed by atoms with Gasteiger partial charge in [0.1, 0.15) is 0 Å². The van der Waals surface area contributed by atoms with Gasteiger partial charge in [-0.2, -0.15) is 43.9 Å². The van der Waals surface area contributed by atoms with Crippen molar-refractivity contribution in [2.45, 2.75) is 63.5 Å². The molecule has 14 heteroatoms. The van der Waals surface area contributed by atoms with Crippen LogP contribution in [0.1, 0.15) is 44.7 Å². The lowest BCUT2D eigenvalue weighted by Crippen LogP contribution is -2.61. The van der Waals surface area contributed by atoms with Crippen LogP contribution < -0.4 is 4.74 Å². The molecular formula is C14H14F9N3OS. The van der Waals surface area contributed by atoms with Gasteiger partial charge in [-0.3, -0.25) is 0 Å². The molecule has 2 rings (SSSR count). The molecule has 0 spiro atoms. The van der Waals surface area contributed by atoms with Crippen molar-refractivity contribution < 1.29 is 44.3 Å². The van der Waals surface area contributed by atoms with E-state index in [2.05, 4.69) is 13.5 Å². The quantitative estimate of drug-likeness (QED) is 0.300. The number of hydrogen-bond acceptors (Lipinski definition) is 5. The van der Waals surface area contributed by atoms with Gasteiger partial charge < -0.3 is 4.74 Å². The standard InChI is InChI=1S/C14H14F9N3OS/c1-2-3-4-6-12(17,18)27-10-9(24-28-25-10)8-5-7-11(15,16)26(13(8,19)20)14(21,22)23/h5H,2-4,6-7H2,1H3. The maximum Gasteiger partial charge on any atom is 0.469 e. The number of hydrogen-bond donors (Lipinski definition) is 0. The van der Waals surface area contributed by atoms with Crippen LogP contribution in [0.3, 0.4) is 0 Å².